The lowest BCUT2D eigenvalue weighted by molar-refractivity contribution is -0.121. The molecular formula is C15H20N2O2. The van der Waals surface area contributed by atoms with Crippen LogP contribution in [0.3, 0.4) is 0 Å². The Hall–Kier alpha value is -1.84. The maximum Gasteiger partial charge on any atom is 0.321 e. The molecule has 0 aliphatic carbocycles. The van der Waals surface area contributed by atoms with Crippen LogP contribution in [-0.2, 0) is 4.79 Å². The lowest BCUT2D eigenvalue weighted by atomic mass is 9.93. The number of nitrogens with one attached hydrogen (secondary N) is 1. The van der Waals surface area contributed by atoms with Crippen LogP contribution in [0.15, 0.2) is 24.3 Å². The molecule has 0 atom stereocenters. The number of anilines is 1. The molecule has 1 fully saturated rings. The standard InChI is InChI=1S/C15H20N2O2/c1-11-3-5-14(6-4-11)16-15(19)17-9-7-13(8-10-17)12(2)18/h3-6,13H,7-10H2,1-2H3,(H,16,19). The van der Waals surface area contributed by atoms with Crippen LogP contribution >= 0.6 is 0 Å². The maximum absolute atomic E-state index is 12.1. The monoisotopic (exact) mass is 260 g/mol. The molecule has 1 N–H and O–H groups in total. The number of ketones is 1. The molecule has 1 heterocycles. The van der Waals surface area contributed by atoms with Gasteiger partial charge in [0.15, 0.2) is 0 Å². The first-order valence-electron chi connectivity index (χ1n) is 6.69. The van der Waals surface area contributed by atoms with E-state index in [1.165, 1.54) is 5.56 Å². The minimum atomic E-state index is -0.0779. The fraction of sp³-hybridized carbons (Fsp3) is 0.467. The predicted octanol–water partition coefficient (Wildman–Crippen LogP) is 2.83. The number of Topliss-reactive ketones (excluding diaryl/α,β-unsaturated/α-hetero) is 1. The Morgan fingerprint density at radius 3 is 2.26 bits per heavy atom. The predicted molar refractivity (Wildman–Crippen MR) is 75.2 cm³/mol. The highest BCUT2D eigenvalue weighted by molar-refractivity contribution is 5.89. The number of aryl methyl sites for hydroxylation is 1. The van der Waals surface area contributed by atoms with E-state index >= 15 is 0 Å². The number of urea groups is 1. The summed E-state index contributed by atoms with van der Waals surface area (Å²) in [4.78, 5) is 25.1. The van der Waals surface area contributed by atoms with E-state index < -0.39 is 0 Å². The second-order valence-corrected chi connectivity index (χ2v) is 5.17. The van der Waals surface area contributed by atoms with Gasteiger partial charge < -0.3 is 10.2 Å². The Labute approximate surface area is 113 Å². The van der Waals surface area contributed by atoms with Crippen molar-refractivity contribution >= 4 is 17.5 Å². The molecule has 2 rings (SSSR count). The molecule has 4 heteroatoms. The first kappa shape index (κ1) is 13.6. The molecule has 0 aromatic heterocycles. The summed E-state index contributed by atoms with van der Waals surface area (Å²) in [7, 11) is 0. The van der Waals surface area contributed by atoms with Gasteiger partial charge in [0.1, 0.15) is 5.78 Å². The first-order valence-corrected chi connectivity index (χ1v) is 6.69. The van der Waals surface area contributed by atoms with Crippen molar-refractivity contribution in [3.05, 3.63) is 29.8 Å². The molecule has 2 amide bonds. The van der Waals surface area contributed by atoms with Crippen molar-refractivity contribution in [2.24, 2.45) is 5.92 Å². The highest BCUT2D eigenvalue weighted by Gasteiger charge is 2.25. The number of nitrogens with zero attached hydrogens (tertiary/aromatic N) is 1. The van der Waals surface area contributed by atoms with Crippen LogP contribution in [-0.4, -0.2) is 29.8 Å². The van der Waals surface area contributed by atoms with E-state index in [9.17, 15) is 9.59 Å². The van der Waals surface area contributed by atoms with Gasteiger partial charge in [-0.2, -0.15) is 0 Å². The summed E-state index contributed by atoms with van der Waals surface area (Å²) in [6.45, 7) is 4.95. The van der Waals surface area contributed by atoms with E-state index in [0.29, 0.717) is 13.1 Å². The number of amides is 2. The highest BCUT2D eigenvalue weighted by atomic mass is 16.2. The molecule has 1 saturated heterocycles. The number of hydrogen-bond donors (Lipinski definition) is 1. The lowest BCUT2D eigenvalue weighted by Gasteiger charge is -2.30. The molecule has 0 saturated carbocycles. The second kappa shape index (κ2) is 5.87. The number of carbonyl (C=O) groups is 2. The molecule has 1 aliphatic rings. The van der Waals surface area contributed by atoms with Crippen LogP contribution < -0.4 is 5.32 Å². The Kier molecular flexibility index (Phi) is 4.20. The Morgan fingerprint density at radius 2 is 1.74 bits per heavy atom. The zero-order chi connectivity index (χ0) is 13.8. The smallest absolute Gasteiger partial charge is 0.321 e. The van der Waals surface area contributed by atoms with E-state index in [-0.39, 0.29) is 17.7 Å². The number of piperidine rings is 1. The normalized spacial score (nSPS) is 16.2. The van der Waals surface area contributed by atoms with Gasteiger partial charge in [-0.3, -0.25) is 4.79 Å². The van der Waals surface area contributed by atoms with Crippen molar-refractivity contribution in [2.45, 2.75) is 26.7 Å². The summed E-state index contributed by atoms with van der Waals surface area (Å²) >= 11 is 0. The van der Waals surface area contributed by atoms with Crippen LogP contribution in [0.25, 0.3) is 0 Å². The summed E-state index contributed by atoms with van der Waals surface area (Å²) in [5, 5.41) is 2.88. The fourth-order valence-electron chi connectivity index (χ4n) is 2.33. The molecule has 0 bridgehead atoms. The van der Waals surface area contributed by atoms with Crippen LogP contribution in [0.1, 0.15) is 25.3 Å². The van der Waals surface area contributed by atoms with Gasteiger partial charge in [-0.25, -0.2) is 4.79 Å². The third-order valence-electron chi connectivity index (χ3n) is 3.66. The Balaban J connectivity index is 1.88. The molecule has 1 aromatic rings. The molecule has 4 nitrogen and oxygen atoms in total. The summed E-state index contributed by atoms with van der Waals surface area (Å²) in [5.74, 6) is 0.363. The van der Waals surface area contributed by atoms with Crippen LogP contribution in [0, 0.1) is 12.8 Å². The van der Waals surface area contributed by atoms with Crippen molar-refractivity contribution in [1.82, 2.24) is 4.90 Å². The molecule has 0 unspecified atom stereocenters. The lowest BCUT2D eigenvalue weighted by Crippen LogP contribution is -2.42. The van der Waals surface area contributed by atoms with Crippen LogP contribution in [0.5, 0.6) is 0 Å². The molecular weight excluding hydrogens is 240 g/mol. The average molecular weight is 260 g/mol. The first-order chi connectivity index (χ1) is 9.06. The quantitative estimate of drug-likeness (QED) is 0.889. The maximum atomic E-state index is 12.1. The minimum Gasteiger partial charge on any atom is -0.324 e. The minimum absolute atomic E-state index is 0.0779. The van der Waals surface area contributed by atoms with Gasteiger partial charge in [-0.15, -0.1) is 0 Å². The number of benzene rings is 1. The number of rotatable bonds is 2. The SMILES string of the molecule is CC(=O)C1CCN(C(=O)Nc2ccc(C)cc2)CC1. The number of hydrogen-bond acceptors (Lipinski definition) is 2. The van der Waals surface area contributed by atoms with E-state index in [2.05, 4.69) is 5.32 Å². The van der Waals surface area contributed by atoms with Gasteiger partial charge in [-0.05, 0) is 38.8 Å². The van der Waals surface area contributed by atoms with Crippen LogP contribution in [0.2, 0.25) is 0 Å². The van der Waals surface area contributed by atoms with Gasteiger partial charge in [-0.1, -0.05) is 17.7 Å². The molecule has 0 radical (unpaired) electrons. The highest BCUT2D eigenvalue weighted by Crippen LogP contribution is 2.19. The fourth-order valence-corrected chi connectivity index (χ4v) is 2.33. The average Bonchev–Trinajstić information content (AvgIpc) is 2.41. The van der Waals surface area contributed by atoms with E-state index in [1.807, 2.05) is 31.2 Å². The zero-order valence-electron chi connectivity index (χ0n) is 11.5. The third-order valence-corrected chi connectivity index (χ3v) is 3.66. The largest absolute Gasteiger partial charge is 0.324 e. The van der Waals surface area contributed by atoms with Crippen molar-refractivity contribution in [2.75, 3.05) is 18.4 Å². The van der Waals surface area contributed by atoms with Crippen LogP contribution in [0.4, 0.5) is 10.5 Å². The summed E-state index contributed by atoms with van der Waals surface area (Å²) < 4.78 is 0. The van der Waals surface area contributed by atoms with Gasteiger partial charge >= 0.3 is 6.03 Å². The number of likely N-dealkylation sites (tertiary alicyclic amines) is 1. The van der Waals surface area contributed by atoms with Crippen molar-refractivity contribution in [3.63, 3.8) is 0 Å². The third kappa shape index (κ3) is 3.56. The second-order valence-electron chi connectivity index (χ2n) is 5.17. The number of carbonyl (C=O) groups excluding carboxylic acids is 2. The summed E-state index contributed by atoms with van der Waals surface area (Å²) in [6, 6.07) is 7.66. The van der Waals surface area contributed by atoms with E-state index in [0.717, 1.165) is 18.5 Å². The van der Waals surface area contributed by atoms with Gasteiger partial charge in [0.25, 0.3) is 0 Å². The molecule has 1 aliphatic heterocycles. The van der Waals surface area contributed by atoms with Crippen molar-refractivity contribution in [1.29, 1.82) is 0 Å². The van der Waals surface area contributed by atoms with Gasteiger partial charge in [0, 0.05) is 24.7 Å². The topological polar surface area (TPSA) is 49.4 Å². The molecule has 19 heavy (non-hydrogen) atoms. The van der Waals surface area contributed by atoms with Crippen molar-refractivity contribution < 1.29 is 9.59 Å². The van der Waals surface area contributed by atoms with Gasteiger partial charge in [0.2, 0.25) is 0 Å². The molecule has 102 valence electrons. The summed E-state index contributed by atoms with van der Waals surface area (Å²) in [5.41, 5.74) is 1.98. The van der Waals surface area contributed by atoms with E-state index in [4.69, 9.17) is 0 Å². The van der Waals surface area contributed by atoms with Gasteiger partial charge in [0.05, 0.1) is 0 Å². The van der Waals surface area contributed by atoms with E-state index in [1.54, 1.807) is 11.8 Å². The Bertz CT molecular complexity index is 460. The van der Waals surface area contributed by atoms with Crippen molar-refractivity contribution in [3.8, 4) is 0 Å². The zero-order valence-corrected chi connectivity index (χ0v) is 11.5. The molecule has 0 spiro atoms. The Morgan fingerprint density at radius 1 is 1.16 bits per heavy atom. The summed E-state index contributed by atoms with van der Waals surface area (Å²) in [6.07, 6.45) is 1.55. The molecule has 1 aromatic carbocycles.